The lowest BCUT2D eigenvalue weighted by atomic mass is 9.66. The predicted octanol–water partition coefficient (Wildman–Crippen LogP) is 3.95. The Morgan fingerprint density at radius 1 is 1.38 bits per heavy atom. The summed E-state index contributed by atoms with van der Waals surface area (Å²) in [6, 6.07) is 0. The van der Waals surface area contributed by atoms with Crippen LogP contribution in [0.15, 0.2) is 0 Å². The predicted molar refractivity (Wildman–Crippen MR) is 66.3 cm³/mol. The van der Waals surface area contributed by atoms with E-state index in [1.807, 2.05) is 0 Å². The van der Waals surface area contributed by atoms with Crippen molar-refractivity contribution in [2.24, 2.45) is 23.2 Å². The molecule has 3 unspecified atom stereocenters. The maximum absolute atomic E-state index is 11.4. The molecule has 3 atom stereocenters. The molecule has 1 fully saturated rings. The lowest BCUT2D eigenvalue weighted by Gasteiger charge is -2.38. The molecule has 0 aromatic carbocycles. The van der Waals surface area contributed by atoms with E-state index in [1.54, 1.807) is 0 Å². The second kappa shape index (κ2) is 5.20. The van der Waals surface area contributed by atoms with Crippen LogP contribution >= 0.6 is 0 Å². The highest BCUT2D eigenvalue weighted by Crippen LogP contribution is 2.42. The second-order valence-electron chi connectivity index (χ2n) is 6.38. The average Bonchev–Trinajstić information content (AvgIpc) is 2.15. The molecule has 0 bridgehead atoms. The molecule has 0 aromatic heterocycles. The van der Waals surface area contributed by atoms with Gasteiger partial charge in [-0.05, 0) is 30.1 Å². The molecule has 0 amide bonds. The SMILES string of the molecule is CCC1CCCC(C(C(=O)O)C(C)(C)C)C1. The van der Waals surface area contributed by atoms with Gasteiger partial charge >= 0.3 is 5.97 Å². The molecule has 0 aliphatic heterocycles. The molecular formula is C14H26O2. The summed E-state index contributed by atoms with van der Waals surface area (Å²) in [6.07, 6.45) is 5.93. The summed E-state index contributed by atoms with van der Waals surface area (Å²) in [5, 5.41) is 9.42. The van der Waals surface area contributed by atoms with E-state index in [0.29, 0.717) is 5.92 Å². The molecule has 0 saturated heterocycles. The zero-order valence-electron chi connectivity index (χ0n) is 11.1. The number of hydrogen-bond acceptors (Lipinski definition) is 1. The molecule has 1 aliphatic carbocycles. The van der Waals surface area contributed by atoms with Crippen LogP contribution in [0.1, 0.15) is 59.8 Å². The third-order valence-corrected chi connectivity index (χ3v) is 4.07. The van der Waals surface area contributed by atoms with E-state index < -0.39 is 5.97 Å². The highest BCUT2D eigenvalue weighted by Gasteiger charge is 2.39. The van der Waals surface area contributed by atoms with Crippen molar-refractivity contribution in [2.75, 3.05) is 0 Å². The van der Waals surface area contributed by atoms with Crippen LogP contribution in [0, 0.1) is 23.2 Å². The largest absolute Gasteiger partial charge is 0.481 e. The van der Waals surface area contributed by atoms with Crippen LogP contribution in [0.2, 0.25) is 0 Å². The average molecular weight is 226 g/mol. The molecular weight excluding hydrogens is 200 g/mol. The fourth-order valence-electron chi connectivity index (χ4n) is 3.29. The molecule has 2 heteroatoms. The summed E-state index contributed by atoms with van der Waals surface area (Å²) in [7, 11) is 0. The van der Waals surface area contributed by atoms with Crippen molar-refractivity contribution in [3.8, 4) is 0 Å². The van der Waals surface area contributed by atoms with Gasteiger partial charge in [-0.25, -0.2) is 0 Å². The summed E-state index contributed by atoms with van der Waals surface area (Å²) >= 11 is 0. The Bertz CT molecular complexity index is 240. The highest BCUT2D eigenvalue weighted by molar-refractivity contribution is 5.71. The summed E-state index contributed by atoms with van der Waals surface area (Å²) in [5.74, 6) is 0.357. The Balaban J connectivity index is 2.75. The quantitative estimate of drug-likeness (QED) is 0.791. The van der Waals surface area contributed by atoms with Gasteiger partial charge in [-0.15, -0.1) is 0 Å². The van der Waals surface area contributed by atoms with Crippen LogP contribution in [0.4, 0.5) is 0 Å². The number of carboxylic acids is 1. The van der Waals surface area contributed by atoms with Crippen molar-refractivity contribution >= 4 is 5.97 Å². The second-order valence-corrected chi connectivity index (χ2v) is 6.38. The van der Waals surface area contributed by atoms with Crippen LogP contribution in [0.5, 0.6) is 0 Å². The van der Waals surface area contributed by atoms with Crippen LogP contribution < -0.4 is 0 Å². The van der Waals surface area contributed by atoms with E-state index in [-0.39, 0.29) is 11.3 Å². The first kappa shape index (κ1) is 13.5. The van der Waals surface area contributed by atoms with Crippen molar-refractivity contribution in [3.05, 3.63) is 0 Å². The van der Waals surface area contributed by atoms with E-state index in [2.05, 4.69) is 27.7 Å². The first-order chi connectivity index (χ1) is 7.36. The lowest BCUT2D eigenvalue weighted by Crippen LogP contribution is -2.37. The van der Waals surface area contributed by atoms with Gasteiger partial charge in [-0.3, -0.25) is 4.79 Å². The first-order valence-electron chi connectivity index (χ1n) is 6.59. The summed E-state index contributed by atoms with van der Waals surface area (Å²) < 4.78 is 0. The van der Waals surface area contributed by atoms with Crippen LogP contribution in [0.25, 0.3) is 0 Å². The summed E-state index contributed by atoms with van der Waals surface area (Å²) in [6.45, 7) is 8.39. The molecule has 1 N–H and O–H groups in total. The molecule has 94 valence electrons. The molecule has 0 spiro atoms. The van der Waals surface area contributed by atoms with Gasteiger partial charge in [0.1, 0.15) is 0 Å². The number of hydrogen-bond donors (Lipinski definition) is 1. The van der Waals surface area contributed by atoms with Crippen molar-refractivity contribution in [3.63, 3.8) is 0 Å². The first-order valence-corrected chi connectivity index (χ1v) is 6.59. The number of carboxylic acid groups (broad SMARTS) is 1. The Morgan fingerprint density at radius 3 is 2.44 bits per heavy atom. The molecule has 0 radical (unpaired) electrons. The van der Waals surface area contributed by atoms with Crippen LogP contribution in [-0.4, -0.2) is 11.1 Å². The van der Waals surface area contributed by atoms with Gasteiger partial charge < -0.3 is 5.11 Å². The molecule has 2 nitrogen and oxygen atoms in total. The van der Waals surface area contributed by atoms with Gasteiger partial charge in [-0.1, -0.05) is 47.0 Å². The summed E-state index contributed by atoms with van der Waals surface area (Å²) in [4.78, 5) is 11.4. The standard InChI is InChI=1S/C14H26O2/c1-5-10-7-6-8-11(9-10)12(13(15)16)14(2,3)4/h10-12H,5-9H2,1-4H3,(H,15,16). The minimum Gasteiger partial charge on any atom is -0.481 e. The zero-order chi connectivity index (χ0) is 12.3. The molecule has 1 aliphatic rings. The van der Waals surface area contributed by atoms with Gasteiger partial charge in [-0.2, -0.15) is 0 Å². The number of aliphatic carboxylic acids is 1. The number of carbonyl (C=O) groups is 1. The van der Waals surface area contributed by atoms with Crippen molar-refractivity contribution in [1.29, 1.82) is 0 Å². The third-order valence-electron chi connectivity index (χ3n) is 4.07. The lowest BCUT2D eigenvalue weighted by molar-refractivity contribution is -0.149. The Morgan fingerprint density at radius 2 is 2.00 bits per heavy atom. The van der Waals surface area contributed by atoms with E-state index in [9.17, 15) is 9.90 Å². The molecule has 16 heavy (non-hydrogen) atoms. The van der Waals surface area contributed by atoms with Gasteiger partial charge in [0.2, 0.25) is 0 Å². The van der Waals surface area contributed by atoms with E-state index in [0.717, 1.165) is 18.8 Å². The van der Waals surface area contributed by atoms with Crippen molar-refractivity contribution < 1.29 is 9.90 Å². The minimum atomic E-state index is -0.603. The Hall–Kier alpha value is -0.530. The maximum Gasteiger partial charge on any atom is 0.307 e. The smallest absolute Gasteiger partial charge is 0.307 e. The molecule has 1 saturated carbocycles. The Labute approximate surface area is 99.4 Å². The fraction of sp³-hybridized carbons (Fsp3) is 0.929. The van der Waals surface area contributed by atoms with Gasteiger partial charge in [0, 0.05) is 0 Å². The van der Waals surface area contributed by atoms with Gasteiger partial charge in [0.15, 0.2) is 0 Å². The van der Waals surface area contributed by atoms with E-state index in [1.165, 1.54) is 19.3 Å². The number of rotatable bonds is 3. The fourth-order valence-corrected chi connectivity index (χ4v) is 3.29. The highest BCUT2D eigenvalue weighted by atomic mass is 16.4. The third kappa shape index (κ3) is 3.23. The van der Waals surface area contributed by atoms with E-state index >= 15 is 0 Å². The summed E-state index contributed by atoms with van der Waals surface area (Å²) in [5.41, 5.74) is -0.119. The van der Waals surface area contributed by atoms with Crippen LogP contribution in [0.3, 0.4) is 0 Å². The molecule has 1 rings (SSSR count). The molecule has 0 aromatic rings. The van der Waals surface area contributed by atoms with E-state index in [4.69, 9.17) is 0 Å². The van der Waals surface area contributed by atoms with Crippen molar-refractivity contribution in [2.45, 2.75) is 59.8 Å². The Kier molecular flexibility index (Phi) is 4.40. The van der Waals surface area contributed by atoms with Gasteiger partial charge in [0.05, 0.1) is 5.92 Å². The molecule has 0 heterocycles. The van der Waals surface area contributed by atoms with Crippen LogP contribution in [-0.2, 0) is 4.79 Å². The minimum absolute atomic E-state index is 0.119. The zero-order valence-corrected chi connectivity index (χ0v) is 11.1. The monoisotopic (exact) mass is 226 g/mol. The van der Waals surface area contributed by atoms with Crippen molar-refractivity contribution in [1.82, 2.24) is 0 Å². The maximum atomic E-state index is 11.4. The van der Waals surface area contributed by atoms with Gasteiger partial charge in [0.25, 0.3) is 0 Å². The topological polar surface area (TPSA) is 37.3 Å². The normalized spacial score (nSPS) is 28.8.